The van der Waals surface area contributed by atoms with Crippen molar-refractivity contribution in [2.75, 3.05) is 6.26 Å². The molecule has 0 aliphatic carbocycles. The van der Waals surface area contributed by atoms with Crippen molar-refractivity contribution in [3.05, 3.63) is 78.3 Å². The Balaban J connectivity index is 1.69. The van der Waals surface area contributed by atoms with Crippen LogP contribution in [0, 0.1) is 0 Å². The highest BCUT2D eigenvalue weighted by atomic mass is 32.2. The molecule has 0 atom stereocenters. The number of hydrogen-bond acceptors (Lipinski definition) is 7. The lowest BCUT2D eigenvalue weighted by atomic mass is 10.1. The summed E-state index contributed by atoms with van der Waals surface area (Å²) in [7, 11) is -3.46. The maximum absolute atomic E-state index is 11.7. The molecule has 9 nitrogen and oxygen atoms in total. The molecule has 152 valence electrons. The van der Waals surface area contributed by atoms with E-state index < -0.39 is 10.0 Å². The number of aromatic nitrogens is 6. The Morgan fingerprint density at radius 2 is 2.10 bits per heavy atom. The normalized spacial score (nSPS) is 12.4. The Bertz CT molecular complexity index is 1380. The van der Waals surface area contributed by atoms with E-state index >= 15 is 0 Å². The van der Waals surface area contributed by atoms with Gasteiger partial charge in [0.1, 0.15) is 0 Å². The number of pyridine rings is 1. The van der Waals surface area contributed by atoms with Crippen molar-refractivity contribution in [1.82, 2.24) is 29.0 Å². The van der Waals surface area contributed by atoms with E-state index in [9.17, 15) is 8.42 Å². The van der Waals surface area contributed by atoms with Crippen LogP contribution in [0.25, 0.3) is 17.0 Å². The second kappa shape index (κ2) is 7.64. The largest absolute Gasteiger partial charge is 0.256 e. The molecule has 10 heteroatoms. The molecule has 4 rings (SSSR count). The first kappa shape index (κ1) is 19.6. The molecule has 30 heavy (non-hydrogen) atoms. The maximum atomic E-state index is 11.7. The molecule has 0 saturated heterocycles. The zero-order valence-corrected chi connectivity index (χ0v) is 17.3. The summed E-state index contributed by atoms with van der Waals surface area (Å²) < 4.78 is 25.8. The summed E-state index contributed by atoms with van der Waals surface area (Å²) in [6, 6.07) is 9.92. The van der Waals surface area contributed by atoms with Crippen molar-refractivity contribution in [2.45, 2.75) is 13.3 Å². The van der Waals surface area contributed by atoms with E-state index in [2.05, 4.69) is 38.0 Å². The molecule has 0 saturated carbocycles. The quantitative estimate of drug-likeness (QED) is 0.442. The van der Waals surface area contributed by atoms with Crippen LogP contribution in [0.5, 0.6) is 0 Å². The first-order valence-corrected chi connectivity index (χ1v) is 10.9. The zero-order valence-electron chi connectivity index (χ0n) is 16.5. The monoisotopic (exact) mass is 421 g/mol. The Morgan fingerprint density at radius 1 is 1.27 bits per heavy atom. The van der Waals surface area contributed by atoms with Crippen molar-refractivity contribution in [3.8, 4) is 0 Å². The molecule has 4 aromatic rings. The number of hydrogen-bond donors (Lipinski definition) is 0. The van der Waals surface area contributed by atoms with Crippen molar-refractivity contribution in [1.29, 1.82) is 0 Å². The average Bonchev–Trinajstić information content (AvgIpc) is 3.36. The number of nitrogens with zero attached hydrogens (tertiary/aromatic N) is 7. The predicted molar refractivity (Wildman–Crippen MR) is 115 cm³/mol. The van der Waals surface area contributed by atoms with Crippen LogP contribution in [0.2, 0.25) is 0 Å². The first-order valence-electron chi connectivity index (χ1n) is 9.07. The maximum Gasteiger partial charge on any atom is 0.250 e. The van der Waals surface area contributed by atoms with Crippen LogP contribution >= 0.6 is 0 Å². The van der Waals surface area contributed by atoms with E-state index in [1.165, 1.54) is 12.4 Å². The lowest BCUT2D eigenvalue weighted by Crippen LogP contribution is -2.10. The number of benzene rings is 1. The summed E-state index contributed by atoms with van der Waals surface area (Å²) in [6.07, 6.45) is 7.79. The second-order valence-corrected chi connectivity index (χ2v) is 8.59. The minimum Gasteiger partial charge on any atom is -0.256 e. The third-order valence-electron chi connectivity index (χ3n) is 4.51. The van der Waals surface area contributed by atoms with Crippen LogP contribution < -0.4 is 0 Å². The molecular formula is C20H19N7O2S. The molecule has 3 aromatic heterocycles. The van der Waals surface area contributed by atoms with Gasteiger partial charge >= 0.3 is 0 Å². The molecule has 0 spiro atoms. The lowest BCUT2D eigenvalue weighted by Gasteiger charge is -2.06. The predicted octanol–water partition coefficient (Wildman–Crippen LogP) is 2.34. The Labute approximate surface area is 173 Å². The SMILES string of the molecule is C=Cc1nnc(Cc2ccc3ncccc3c2)n1/N=C(\C)c1cnn(S(C)(=O)=O)c1. The summed E-state index contributed by atoms with van der Waals surface area (Å²) in [5.74, 6) is 1.12. The van der Waals surface area contributed by atoms with E-state index in [0.29, 0.717) is 29.3 Å². The molecule has 0 amide bonds. The van der Waals surface area contributed by atoms with Gasteiger partial charge in [-0.05, 0) is 36.8 Å². The highest BCUT2D eigenvalue weighted by Gasteiger charge is 2.13. The van der Waals surface area contributed by atoms with E-state index in [1.54, 1.807) is 23.9 Å². The molecule has 0 aliphatic heterocycles. The fourth-order valence-electron chi connectivity index (χ4n) is 2.97. The molecule has 0 N–H and O–H groups in total. The third-order valence-corrected chi connectivity index (χ3v) is 5.39. The van der Waals surface area contributed by atoms with Crippen LogP contribution in [0.3, 0.4) is 0 Å². The van der Waals surface area contributed by atoms with Gasteiger partial charge in [0.15, 0.2) is 11.6 Å². The van der Waals surface area contributed by atoms with Gasteiger partial charge in [-0.3, -0.25) is 4.98 Å². The van der Waals surface area contributed by atoms with Gasteiger partial charge in [-0.25, -0.2) is 8.42 Å². The summed E-state index contributed by atoms with van der Waals surface area (Å²) in [4.78, 5) is 4.34. The molecule has 0 fully saturated rings. The van der Waals surface area contributed by atoms with Crippen molar-refractivity contribution < 1.29 is 8.42 Å². The van der Waals surface area contributed by atoms with Gasteiger partial charge in [0.2, 0.25) is 0 Å². The Morgan fingerprint density at radius 3 is 2.83 bits per heavy atom. The summed E-state index contributed by atoms with van der Waals surface area (Å²) in [6.45, 7) is 5.54. The number of rotatable bonds is 6. The van der Waals surface area contributed by atoms with E-state index in [4.69, 9.17) is 0 Å². The van der Waals surface area contributed by atoms with Gasteiger partial charge in [-0.15, -0.1) is 10.2 Å². The van der Waals surface area contributed by atoms with Crippen LogP contribution in [0.1, 0.15) is 29.7 Å². The van der Waals surface area contributed by atoms with Gasteiger partial charge in [-0.1, -0.05) is 18.7 Å². The smallest absolute Gasteiger partial charge is 0.250 e. The van der Waals surface area contributed by atoms with Crippen LogP contribution in [0.4, 0.5) is 0 Å². The summed E-state index contributed by atoms with van der Waals surface area (Å²) >= 11 is 0. The number of fused-ring (bicyclic) bond motifs is 1. The van der Waals surface area contributed by atoms with Gasteiger partial charge in [0, 0.05) is 23.6 Å². The van der Waals surface area contributed by atoms with Gasteiger partial charge in [0.05, 0.1) is 29.9 Å². The Hall–Kier alpha value is -3.66. The van der Waals surface area contributed by atoms with Crippen LogP contribution in [0.15, 0.2) is 60.6 Å². The molecular weight excluding hydrogens is 402 g/mol. The van der Waals surface area contributed by atoms with Crippen molar-refractivity contribution in [3.63, 3.8) is 0 Å². The third kappa shape index (κ3) is 3.90. The standard InChI is InChI=1S/C20H19N7O2S/c1-4-19-23-24-20(11-15-7-8-18-16(10-15)6-5-9-21-18)27(19)25-14(2)17-12-22-26(13-17)30(3,28)29/h4-10,12-13H,1,11H2,2-3H3/b25-14+. The summed E-state index contributed by atoms with van der Waals surface area (Å²) in [5.41, 5.74) is 3.10. The minimum absolute atomic E-state index is 0.488. The highest BCUT2D eigenvalue weighted by Crippen LogP contribution is 2.17. The highest BCUT2D eigenvalue weighted by molar-refractivity contribution is 7.89. The van der Waals surface area contributed by atoms with Gasteiger partial charge < -0.3 is 0 Å². The molecule has 0 aliphatic rings. The Kier molecular flexibility index (Phi) is 5.00. The minimum atomic E-state index is -3.46. The first-order chi connectivity index (χ1) is 14.3. The van der Waals surface area contributed by atoms with Gasteiger partial charge in [-0.2, -0.15) is 19.0 Å². The second-order valence-electron chi connectivity index (χ2n) is 6.75. The van der Waals surface area contributed by atoms with E-state index in [0.717, 1.165) is 26.8 Å². The molecule has 0 unspecified atom stereocenters. The van der Waals surface area contributed by atoms with Crippen molar-refractivity contribution >= 4 is 32.7 Å². The van der Waals surface area contributed by atoms with Gasteiger partial charge in [0.25, 0.3) is 10.0 Å². The van der Waals surface area contributed by atoms with E-state index in [-0.39, 0.29) is 0 Å². The molecule has 1 aromatic carbocycles. The molecule has 0 radical (unpaired) electrons. The summed E-state index contributed by atoms with van der Waals surface area (Å²) in [5, 5.41) is 17.9. The van der Waals surface area contributed by atoms with E-state index in [1.807, 2.05) is 24.3 Å². The zero-order chi connectivity index (χ0) is 21.3. The van der Waals surface area contributed by atoms with Crippen molar-refractivity contribution in [2.24, 2.45) is 5.10 Å². The lowest BCUT2D eigenvalue weighted by molar-refractivity contribution is 0.586. The fraction of sp³-hybridized carbons (Fsp3) is 0.150. The molecule has 3 heterocycles. The fourth-order valence-corrected chi connectivity index (χ4v) is 3.49. The average molecular weight is 421 g/mol. The molecule has 0 bridgehead atoms. The van der Waals surface area contributed by atoms with Crippen LogP contribution in [-0.2, 0) is 16.4 Å². The topological polar surface area (TPSA) is 108 Å². The van der Waals surface area contributed by atoms with Crippen LogP contribution in [-0.4, -0.2) is 49.4 Å².